The first kappa shape index (κ1) is 22.6. The van der Waals surface area contributed by atoms with E-state index in [1.54, 1.807) is 41.5 Å². The lowest BCUT2D eigenvalue weighted by Gasteiger charge is -2.39. The van der Waals surface area contributed by atoms with Gasteiger partial charge in [-0.25, -0.2) is 23.6 Å². The highest BCUT2D eigenvalue weighted by atomic mass is 19.3. The van der Waals surface area contributed by atoms with Crippen molar-refractivity contribution in [3.63, 3.8) is 0 Å². The monoisotopic (exact) mass is 468 g/mol. The second kappa shape index (κ2) is 7.96. The third-order valence-corrected chi connectivity index (χ3v) is 6.69. The van der Waals surface area contributed by atoms with Gasteiger partial charge in [0.2, 0.25) is 0 Å². The molecule has 1 saturated carbocycles. The maximum Gasteiger partial charge on any atom is 0.252 e. The molecular weight excluding hydrogens is 442 g/mol. The van der Waals surface area contributed by atoms with Crippen LogP contribution in [-0.4, -0.2) is 37.6 Å². The fourth-order valence-electron chi connectivity index (χ4n) is 4.62. The number of benzene rings is 1. The van der Waals surface area contributed by atoms with Crippen LogP contribution in [0, 0.1) is 17.2 Å². The third-order valence-electron chi connectivity index (χ3n) is 6.69. The summed E-state index contributed by atoms with van der Waals surface area (Å²) in [5, 5.41) is 10.7. The van der Waals surface area contributed by atoms with Gasteiger partial charge in [-0.1, -0.05) is 20.8 Å². The Bertz CT molecular complexity index is 1250. The molecule has 178 valence electrons. The Morgan fingerprint density at radius 2 is 2.00 bits per heavy atom. The highest BCUT2D eigenvalue weighted by Crippen LogP contribution is 2.48. The first-order valence-corrected chi connectivity index (χ1v) is 11.3. The molecule has 1 saturated heterocycles. The van der Waals surface area contributed by atoms with E-state index < -0.39 is 17.4 Å². The van der Waals surface area contributed by atoms with Crippen LogP contribution in [0.2, 0.25) is 0 Å². The lowest BCUT2D eigenvalue weighted by atomic mass is 9.75. The van der Waals surface area contributed by atoms with Crippen LogP contribution in [0.3, 0.4) is 0 Å². The summed E-state index contributed by atoms with van der Waals surface area (Å²) in [6, 6.07) is 7.15. The normalized spacial score (nSPS) is 24.6. The van der Waals surface area contributed by atoms with Crippen LogP contribution in [0.4, 0.5) is 14.6 Å². The van der Waals surface area contributed by atoms with E-state index in [1.165, 1.54) is 5.06 Å². The summed E-state index contributed by atoms with van der Waals surface area (Å²) in [5.74, 6) is -3.37. The average molecular weight is 469 g/mol. The molecule has 3 heterocycles. The SMILES string of the molecule is CC(C)(C)c1cnc(N2C[C@]3(CCC(F)(F)[C@@H](Cn4cnc5ccc(C#N)cc54)C3)OO2)cn1. The zero-order chi connectivity index (χ0) is 24.1. The van der Waals surface area contributed by atoms with Gasteiger partial charge in [-0.05, 0) is 31.0 Å². The first-order valence-electron chi connectivity index (χ1n) is 11.3. The summed E-state index contributed by atoms with van der Waals surface area (Å²) in [7, 11) is 0. The summed E-state index contributed by atoms with van der Waals surface area (Å²) in [6.45, 7) is 6.49. The number of imidazole rings is 1. The van der Waals surface area contributed by atoms with E-state index in [-0.39, 0.29) is 37.8 Å². The summed E-state index contributed by atoms with van der Waals surface area (Å²) in [4.78, 5) is 24.3. The molecular formula is C24H26F2N6O2. The van der Waals surface area contributed by atoms with Crippen LogP contribution >= 0.6 is 0 Å². The van der Waals surface area contributed by atoms with Crippen molar-refractivity contribution in [3.8, 4) is 6.07 Å². The summed E-state index contributed by atoms with van der Waals surface area (Å²) >= 11 is 0. The molecule has 3 aromatic rings. The second-order valence-corrected chi connectivity index (χ2v) is 10.3. The molecule has 1 aromatic carbocycles. The molecule has 0 unspecified atom stereocenters. The van der Waals surface area contributed by atoms with E-state index in [9.17, 15) is 5.26 Å². The van der Waals surface area contributed by atoms with Gasteiger partial charge in [0, 0.05) is 24.3 Å². The first-order chi connectivity index (χ1) is 16.1. The van der Waals surface area contributed by atoms with Gasteiger partial charge in [0.05, 0.1) is 53.6 Å². The van der Waals surface area contributed by atoms with Crippen molar-refractivity contribution in [1.82, 2.24) is 19.5 Å². The molecule has 1 aliphatic heterocycles. The van der Waals surface area contributed by atoms with Crippen LogP contribution in [0.5, 0.6) is 0 Å². The van der Waals surface area contributed by atoms with Gasteiger partial charge in [-0.3, -0.25) is 4.98 Å². The van der Waals surface area contributed by atoms with Crippen LogP contribution in [-0.2, 0) is 21.8 Å². The Morgan fingerprint density at radius 3 is 2.71 bits per heavy atom. The summed E-state index contributed by atoms with van der Waals surface area (Å²) in [6.07, 6.45) is 4.84. The van der Waals surface area contributed by atoms with Gasteiger partial charge >= 0.3 is 0 Å². The zero-order valence-corrected chi connectivity index (χ0v) is 19.3. The van der Waals surface area contributed by atoms with E-state index in [1.807, 2.05) is 20.8 Å². The van der Waals surface area contributed by atoms with Crippen molar-refractivity contribution in [2.24, 2.45) is 5.92 Å². The molecule has 0 amide bonds. The van der Waals surface area contributed by atoms with Crippen molar-refractivity contribution in [2.75, 3.05) is 11.6 Å². The predicted molar refractivity (Wildman–Crippen MR) is 120 cm³/mol. The Hall–Kier alpha value is -3.16. The maximum absolute atomic E-state index is 15.0. The number of nitrogens with zero attached hydrogens (tertiary/aromatic N) is 6. The number of hydrogen-bond donors (Lipinski definition) is 0. The number of fused-ring (bicyclic) bond motifs is 1. The molecule has 1 aliphatic carbocycles. The Morgan fingerprint density at radius 1 is 1.18 bits per heavy atom. The average Bonchev–Trinajstić information content (AvgIpc) is 3.40. The van der Waals surface area contributed by atoms with Crippen LogP contribution in [0.25, 0.3) is 11.0 Å². The fourth-order valence-corrected chi connectivity index (χ4v) is 4.62. The molecule has 0 N–H and O–H groups in total. The number of halogens is 2. The maximum atomic E-state index is 15.0. The van der Waals surface area contributed by atoms with Gasteiger partial charge in [0.1, 0.15) is 5.60 Å². The molecule has 2 fully saturated rings. The summed E-state index contributed by atoms with van der Waals surface area (Å²) < 4.78 is 31.7. The van der Waals surface area contributed by atoms with E-state index in [0.29, 0.717) is 22.4 Å². The van der Waals surface area contributed by atoms with Crippen LogP contribution in [0.1, 0.15) is 51.3 Å². The predicted octanol–water partition coefficient (Wildman–Crippen LogP) is 4.55. The lowest BCUT2D eigenvalue weighted by molar-refractivity contribution is -0.331. The van der Waals surface area contributed by atoms with Crippen molar-refractivity contribution in [1.29, 1.82) is 5.26 Å². The second-order valence-electron chi connectivity index (χ2n) is 10.3. The van der Waals surface area contributed by atoms with Crippen molar-refractivity contribution >= 4 is 16.9 Å². The van der Waals surface area contributed by atoms with Crippen molar-refractivity contribution in [3.05, 3.63) is 48.2 Å². The number of hydrogen-bond acceptors (Lipinski definition) is 7. The van der Waals surface area contributed by atoms with Crippen molar-refractivity contribution in [2.45, 2.75) is 63.5 Å². The number of nitriles is 1. The number of rotatable bonds is 3. The number of alkyl halides is 2. The molecule has 10 heteroatoms. The van der Waals surface area contributed by atoms with E-state index in [0.717, 1.165) is 5.69 Å². The molecule has 2 atom stereocenters. The Kier molecular flexibility index (Phi) is 5.30. The number of aromatic nitrogens is 4. The molecule has 2 aromatic heterocycles. The third kappa shape index (κ3) is 4.10. The van der Waals surface area contributed by atoms with Gasteiger partial charge in [0.15, 0.2) is 5.82 Å². The zero-order valence-electron chi connectivity index (χ0n) is 19.3. The van der Waals surface area contributed by atoms with E-state index in [4.69, 9.17) is 9.88 Å². The van der Waals surface area contributed by atoms with Crippen molar-refractivity contribution < 1.29 is 18.7 Å². The van der Waals surface area contributed by atoms with E-state index in [2.05, 4.69) is 21.0 Å². The molecule has 0 bridgehead atoms. The molecule has 0 radical (unpaired) electrons. The topological polar surface area (TPSA) is 89.1 Å². The van der Waals surface area contributed by atoms with Crippen LogP contribution < -0.4 is 5.06 Å². The molecule has 5 rings (SSSR count). The van der Waals surface area contributed by atoms with Gasteiger partial charge < -0.3 is 4.57 Å². The Balaban J connectivity index is 1.35. The van der Waals surface area contributed by atoms with Gasteiger partial charge in [0.25, 0.3) is 5.92 Å². The van der Waals surface area contributed by atoms with Crippen LogP contribution in [0.15, 0.2) is 36.9 Å². The minimum absolute atomic E-state index is 0.0591. The van der Waals surface area contributed by atoms with Gasteiger partial charge in [-0.2, -0.15) is 10.3 Å². The van der Waals surface area contributed by atoms with E-state index >= 15 is 8.78 Å². The molecule has 34 heavy (non-hydrogen) atoms. The minimum Gasteiger partial charge on any atom is -0.330 e. The smallest absolute Gasteiger partial charge is 0.252 e. The summed E-state index contributed by atoms with van der Waals surface area (Å²) in [5.41, 5.74) is 1.62. The molecule has 8 nitrogen and oxygen atoms in total. The highest BCUT2D eigenvalue weighted by Gasteiger charge is 2.55. The highest BCUT2D eigenvalue weighted by molar-refractivity contribution is 5.76. The standard InChI is InChI=1S/C24H26F2N6O2/c1-22(2,3)20-11-29-21(12-28-20)32-14-23(33-34-32)6-7-24(25,26)17(9-23)13-31-15-30-18-5-4-16(10-27)8-19(18)31/h4-5,8,11-12,15,17H,6-7,9,13-14H2,1-3H3/t17-,23-/m1/s1. The lowest BCUT2D eigenvalue weighted by Crippen LogP contribution is -2.48. The fraction of sp³-hybridized carbons (Fsp3) is 0.500. The molecule has 2 aliphatic rings. The Labute approximate surface area is 196 Å². The van der Waals surface area contributed by atoms with Gasteiger partial charge in [-0.15, -0.1) is 4.99 Å². The minimum atomic E-state index is -2.86. The number of anilines is 1. The largest absolute Gasteiger partial charge is 0.330 e. The number of hydroxylamine groups is 1. The molecule has 1 spiro atoms. The quantitative estimate of drug-likeness (QED) is 0.521.